The summed E-state index contributed by atoms with van der Waals surface area (Å²) in [7, 11) is 0. The van der Waals surface area contributed by atoms with Gasteiger partial charge in [0, 0.05) is 11.5 Å². The number of carboxylic acid groups (broad SMARTS) is 1. The third-order valence-corrected chi connectivity index (χ3v) is 5.82. The van der Waals surface area contributed by atoms with Gasteiger partial charge in [0.1, 0.15) is 18.5 Å². The number of benzene rings is 3. The van der Waals surface area contributed by atoms with Crippen molar-refractivity contribution < 1.29 is 28.6 Å². The topological polar surface area (TPSA) is 105 Å². The van der Waals surface area contributed by atoms with E-state index in [1.54, 1.807) is 6.92 Å². The van der Waals surface area contributed by atoms with Gasteiger partial charge in [-0.25, -0.2) is 14.0 Å². The molecule has 0 aliphatic heterocycles. The number of anilines is 1. The highest BCUT2D eigenvalue weighted by molar-refractivity contribution is 5.97. The van der Waals surface area contributed by atoms with Gasteiger partial charge in [-0.2, -0.15) is 0 Å². The fourth-order valence-corrected chi connectivity index (χ4v) is 4.08. The van der Waals surface area contributed by atoms with Gasteiger partial charge < -0.3 is 15.2 Å². The Balaban J connectivity index is 1.40. The fourth-order valence-electron chi connectivity index (χ4n) is 4.08. The highest BCUT2D eigenvalue weighted by atomic mass is 19.1. The van der Waals surface area contributed by atoms with Crippen molar-refractivity contribution in [1.29, 1.82) is 0 Å². The third-order valence-electron chi connectivity index (χ3n) is 5.82. The number of amides is 2. The number of carboxylic acids is 1. The maximum Gasteiger partial charge on any atom is 0.411 e. The Kier molecular flexibility index (Phi) is 6.58. The quantitative estimate of drug-likeness (QED) is 0.469. The molecule has 0 spiro atoms. The predicted molar refractivity (Wildman–Crippen MR) is 124 cm³/mol. The van der Waals surface area contributed by atoms with Crippen LogP contribution >= 0.6 is 0 Å². The first-order chi connectivity index (χ1) is 16.4. The van der Waals surface area contributed by atoms with Gasteiger partial charge in [-0.15, -0.1) is 0 Å². The highest BCUT2D eigenvalue weighted by Crippen LogP contribution is 2.44. The van der Waals surface area contributed by atoms with Crippen molar-refractivity contribution in [3.8, 4) is 11.1 Å². The first-order valence-corrected chi connectivity index (χ1v) is 10.8. The minimum atomic E-state index is -1.18. The van der Waals surface area contributed by atoms with Gasteiger partial charge in [-0.3, -0.25) is 10.1 Å². The van der Waals surface area contributed by atoms with Crippen LogP contribution in [-0.2, 0) is 9.53 Å². The smallest absolute Gasteiger partial charge is 0.411 e. The SMILES string of the molecule is CC[C@@H](NC(=O)c1ccc(NC(=O)OCC2c3ccccc3-c3ccccc32)c(F)c1)C(=O)O. The summed E-state index contributed by atoms with van der Waals surface area (Å²) in [5, 5.41) is 13.7. The number of nitrogens with one attached hydrogen (secondary N) is 2. The van der Waals surface area contributed by atoms with Crippen LogP contribution in [-0.4, -0.2) is 35.7 Å². The van der Waals surface area contributed by atoms with Gasteiger partial charge in [-0.1, -0.05) is 55.5 Å². The number of fused-ring (bicyclic) bond motifs is 3. The van der Waals surface area contributed by atoms with Crippen molar-refractivity contribution in [2.75, 3.05) is 11.9 Å². The van der Waals surface area contributed by atoms with Crippen LogP contribution < -0.4 is 10.6 Å². The molecule has 34 heavy (non-hydrogen) atoms. The van der Waals surface area contributed by atoms with Crippen LogP contribution in [0.5, 0.6) is 0 Å². The molecule has 174 valence electrons. The summed E-state index contributed by atoms with van der Waals surface area (Å²) in [6, 6.07) is 18.2. The van der Waals surface area contributed by atoms with Crippen LogP contribution in [0, 0.1) is 5.82 Å². The summed E-state index contributed by atoms with van der Waals surface area (Å²) >= 11 is 0. The third kappa shape index (κ3) is 4.61. The van der Waals surface area contributed by atoms with Crippen molar-refractivity contribution in [2.24, 2.45) is 0 Å². The van der Waals surface area contributed by atoms with E-state index in [9.17, 15) is 18.8 Å². The number of carbonyl (C=O) groups excluding carboxylic acids is 2. The normalized spacial score (nSPS) is 12.9. The summed E-state index contributed by atoms with van der Waals surface area (Å²) < 4.78 is 19.9. The molecular formula is C26H23FN2O5. The van der Waals surface area contributed by atoms with E-state index in [4.69, 9.17) is 9.84 Å². The fraction of sp³-hybridized carbons (Fsp3) is 0.192. The molecule has 0 saturated carbocycles. The van der Waals surface area contributed by atoms with Crippen molar-refractivity contribution in [3.63, 3.8) is 0 Å². The summed E-state index contributed by atoms with van der Waals surface area (Å²) in [5.74, 6) is -2.87. The summed E-state index contributed by atoms with van der Waals surface area (Å²) in [6.07, 6.45) is -0.639. The zero-order chi connectivity index (χ0) is 24.2. The number of aliphatic carboxylic acids is 1. The van der Waals surface area contributed by atoms with Crippen LogP contribution in [0.3, 0.4) is 0 Å². The largest absolute Gasteiger partial charge is 0.480 e. The van der Waals surface area contributed by atoms with E-state index in [1.165, 1.54) is 12.1 Å². The second-order valence-electron chi connectivity index (χ2n) is 7.92. The van der Waals surface area contributed by atoms with E-state index >= 15 is 0 Å². The lowest BCUT2D eigenvalue weighted by molar-refractivity contribution is -0.139. The number of rotatable bonds is 7. The Morgan fingerprint density at radius 1 is 1.00 bits per heavy atom. The number of carbonyl (C=O) groups is 3. The molecule has 0 unspecified atom stereocenters. The Morgan fingerprint density at radius 2 is 1.62 bits per heavy atom. The second-order valence-corrected chi connectivity index (χ2v) is 7.92. The maximum absolute atomic E-state index is 14.5. The van der Waals surface area contributed by atoms with Crippen LogP contribution in [0.15, 0.2) is 66.7 Å². The van der Waals surface area contributed by atoms with E-state index in [2.05, 4.69) is 10.6 Å². The maximum atomic E-state index is 14.5. The average molecular weight is 462 g/mol. The summed E-state index contributed by atoms with van der Waals surface area (Å²) in [4.78, 5) is 35.7. The lowest BCUT2D eigenvalue weighted by Crippen LogP contribution is -2.40. The Bertz CT molecular complexity index is 1210. The van der Waals surface area contributed by atoms with Crippen LogP contribution in [0.4, 0.5) is 14.9 Å². The number of ether oxygens (including phenoxy) is 1. The van der Waals surface area contributed by atoms with E-state index in [0.29, 0.717) is 0 Å². The van der Waals surface area contributed by atoms with Crippen molar-refractivity contribution in [3.05, 3.63) is 89.2 Å². The molecule has 0 radical (unpaired) electrons. The Morgan fingerprint density at radius 3 is 2.18 bits per heavy atom. The molecule has 1 atom stereocenters. The molecule has 0 fully saturated rings. The van der Waals surface area contributed by atoms with Gasteiger partial charge in [0.25, 0.3) is 5.91 Å². The molecule has 0 saturated heterocycles. The molecule has 4 rings (SSSR count). The number of halogens is 1. The van der Waals surface area contributed by atoms with Crippen LogP contribution in [0.2, 0.25) is 0 Å². The number of hydrogen-bond donors (Lipinski definition) is 3. The molecule has 3 aromatic rings. The van der Waals surface area contributed by atoms with Gasteiger partial charge in [0.2, 0.25) is 0 Å². The molecule has 3 N–H and O–H groups in total. The van der Waals surface area contributed by atoms with Gasteiger partial charge in [0.05, 0.1) is 5.69 Å². The van der Waals surface area contributed by atoms with Crippen molar-refractivity contribution in [2.45, 2.75) is 25.3 Å². The standard InChI is InChI=1S/C26H23FN2O5/c1-2-22(25(31)32)28-24(30)15-11-12-23(21(27)13-15)29-26(33)34-14-20-18-9-5-3-7-16(18)17-8-4-6-10-19(17)20/h3-13,20,22H,2,14H2,1H3,(H,28,30)(H,29,33)(H,31,32)/t22-/m1/s1. The van der Waals surface area contributed by atoms with Crippen LogP contribution in [0.25, 0.3) is 11.1 Å². The zero-order valence-electron chi connectivity index (χ0n) is 18.4. The zero-order valence-corrected chi connectivity index (χ0v) is 18.4. The van der Waals surface area contributed by atoms with Gasteiger partial charge in [0.15, 0.2) is 0 Å². The lowest BCUT2D eigenvalue weighted by atomic mass is 9.98. The molecule has 0 bridgehead atoms. The summed E-state index contributed by atoms with van der Waals surface area (Å²) in [6.45, 7) is 1.69. The van der Waals surface area contributed by atoms with Crippen LogP contribution in [0.1, 0.15) is 40.7 Å². The van der Waals surface area contributed by atoms with E-state index < -0.39 is 29.8 Å². The average Bonchev–Trinajstić information content (AvgIpc) is 3.16. The van der Waals surface area contributed by atoms with Crippen molar-refractivity contribution >= 4 is 23.7 Å². The first-order valence-electron chi connectivity index (χ1n) is 10.8. The molecule has 1 aliphatic carbocycles. The molecule has 0 heterocycles. The Labute approximate surface area is 195 Å². The molecule has 3 aromatic carbocycles. The first kappa shape index (κ1) is 23.0. The molecule has 1 aliphatic rings. The number of hydrogen-bond acceptors (Lipinski definition) is 4. The molecular weight excluding hydrogens is 439 g/mol. The second kappa shape index (κ2) is 9.74. The predicted octanol–water partition coefficient (Wildman–Crippen LogP) is 4.78. The molecule has 8 heteroatoms. The monoisotopic (exact) mass is 462 g/mol. The van der Waals surface area contributed by atoms with Gasteiger partial charge >= 0.3 is 12.1 Å². The van der Waals surface area contributed by atoms with E-state index in [1.807, 2.05) is 48.5 Å². The summed E-state index contributed by atoms with van der Waals surface area (Å²) in [5.41, 5.74) is 4.10. The van der Waals surface area contributed by atoms with E-state index in [0.717, 1.165) is 28.3 Å². The Hall–Kier alpha value is -4.20. The van der Waals surface area contributed by atoms with Gasteiger partial charge in [-0.05, 0) is 46.9 Å². The lowest BCUT2D eigenvalue weighted by Gasteiger charge is -2.15. The molecule has 2 amide bonds. The molecule has 0 aromatic heterocycles. The van der Waals surface area contributed by atoms with Crippen molar-refractivity contribution in [1.82, 2.24) is 5.32 Å². The minimum Gasteiger partial charge on any atom is -0.480 e. The molecule has 7 nitrogen and oxygen atoms in total. The minimum absolute atomic E-state index is 0.0599. The highest BCUT2D eigenvalue weighted by Gasteiger charge is 2.29. The van der Waals surface area contributed by atoms with E-state index in [-0.39, 0.29) is 30.2 Å².